The summed E-state index contributed by atoms with van der Waals surface area (Å²) in [6.45, 7) is 6.98. The van der Waals surface area contributed by atoms with Gasteiger partial charge >= 0.3 is 5.97 Å². The van der Waals surface area contributed by atoms with Crippen LogP contribution in [0.5, 0.6) is 0 Å². The summed E-state index contributed by atoms with van der Waals surface area (Å²) in [5.41, 5.74) is 0.513. The minimum Gasteiger partial charge on any atom is -0.477 e. The molecule has 1 aromatic heterocycles. The van der Waals surface area contributed by atoms with Crippen LogP contribution in [0, 0.1) is 13.8 Å². The van der Waals surface area contributed by atoms with Crippen molar-refractivity contribution in [1.29, 1.82) is 0 Å². The number of sulfonamides is 1. The fraction of sp³-hybridized carbons (Fsp3) is 0.615. The van der Waals surface area contributed by atoms with Gasteiger partial charge in [-0.05, 0) is 26.7 Å². The van der Waals surface area contributed by atoms with Gasteiger partial charge in [-0.1, -0.05) is 20.3 Å². The van der Waals surface area contributed by atoms with E-state index >= 15 is 0 Å². The maximum Gasteiger partial charge on any atom is 0.352 e. The van der Waals surface area contributed by atoms with Crippen molar-refractivity contribution in [3.8, 4) is 0 Å². The average molecular weight is 302 g/mol. The second-order valence-corrected chi connectivity index (χ2v) is 6.55. The molecule has 0 radical (unpaired) electrons. The maximum atomic E-state index is 12.4. The SMILES string of the molecule is CCCC(CC)NS(=O)(=O)c1c(C)[nH]c(C(=O)O)c1C. The summed E-state index contributed by atoms with van der Waals surface area (Å²) in [7, 11) is -3.71. The van der Waals surface area contributed by atoms with Crippen LogP contribution in [0.25, 0.3) is 0 Å². The van der Waals surface area contributed by atoms with E-state index in [0.717, 1.165) is 12.8 Å². The highest BCUT2D eigenvalue weighted by Crippen LogP contribution is 2.23. The summed E-state index contributed by atoms with van der Waals surface area (Å²) >= 11 is 0. The van der Waals surface area contributed by atoms with E-state index in [2.05, 4.69) is 9.71 Å². The molecular formula is C13H22N2O4S. The molecule has 1 aromatic rings. The number of rotatable bonds is 7. The Morgan fingerprint density at radius 2 is 1.95 bits per heavy atom. The Morgan fingerprint density at radius 3 is 2.35 bits per heavy atom. The third-order valence-electron chi connectivity index (χ3n) is 3.30. The Hall–Kier alpha value is -1.34. The van der Waals surface area contributed by atoms with Crippen molar-refractivity contribution in [2.45, 2.75) is 57.9 Å². The number of aromatic nitrogens is 1. The van der Waals surface area contributed by atoms with Crippen LogP contribution in [-0.2, 0) is 10.0 Å². The molecule has 7 heteroatoms. The number of nitrogens with one attached hydrogen (secondary N) is 2. The van der Waals surface area contributed by atoms with E-state index in [4.69, 9.17) is 5.11 Å². The van der Waals surface area contributed by atoms with Gasteiger partial charge < -0.3 is 10.1 Å². The lowest BCUT2D eigenvalue weighted by molar-refractivity contribution is 0.0690. The first-order valence-electron chi connectivity index (χ1n) is 6.69. The third kappa shape index (κ3) is 3.40. The first-order chi connectivity index (χ1) is 9.24. The van der Waals surface area contributed by atoms with Crippen molar-refractivity contribution >= 4 is 16.0 Å². The largest absolute Gasteiger partial charge is 0.477 e. The molecule has 0 aliphatic rings. The van der Waals surface area contributed by atoms with Crippen molar-refractivity contribution in [1.82, 2.24) is 9.71 Å². The quantitative estimate of drug-likeness (QED) is 0.719. The van der Waals surface area contributed by atoms with Crippen LogP contribution < -0.4 is 4.72 Å². The number of carboxylic acids is 1. The molecule has 114 valence electrons. The fourth-order valence-corrected chi connectivity index (χ4v) is 4.12. The highest BCUT2D eigenvalue weighted by molar-refractivity contribution is 7.89. The Bertz CT molecular complexity index is 590. The van der Waals surface area contributed by atoms with E-state index in [0.29, 0.717) is 12.1 Å². The second kappa shape index (κ2) is 6.41. The van der Waals surface area contributed by atoms with Gasteiger partial charge in [-0.2, -0.15) is 0 Å². The molecule has 1 unspecified atom stereocenters. The predicted molar refractivity (Wildman–Crippen MR) is 76.5 cm³/mol. The normalized spacial score (nSPS) is 13.4. The molecular weight excluding hydrogens is 280 g/mol. The highest BCUT2D eigenvalue weighted by Gasteiger charge is 2.27. The molecule has 0 bridgehead atoms. The Labute approximate surface area is 119 Å². The highest BCUT2D eigenvalue weighted by atomic mass is 32.2. The van der Waals surface area contributed by atoms with Gasteiger partial charge in [0.2, 0.25) is 10.0 Å². The number of hydrogen-bond acceptors (Lipinski definition) is 3. The van der Waals surface area contributed by atoms with Crippen molar-refractivity contribution < 1.29 is 18.3 Å². The van der Waals surface area contributed by atoms with E-state index in [-0.39, 0.29) is 22.2 Å². The molecule has 0 fully saturated rings. The molecule has 3 N–H and O–H groups in total. The topological polar surface area (TPSA) is 99.3 Å². The molecule has 1 atom stereocenters. The minimum atomic E-state index is -3.71. The number of hydrogen-bond donors (Lipinski definition) is 3. The van der Waals surface area contributed by atoms with Gasteiger partial charge in [0.25, 0.3) is 0 Å². The molecule has 0 amide bonds. The van der Waals surface area contributed by atoms with Gasteiger partial charge in [0.05, 0.1) is 0 Å². The lowest BCUT2D eigenvalue weighted by atomic mass is 10.1. The fourth-order valence-electron chi connectivity index (χ4n) is 2.32. The summed E-state index contributed by atoms with van der Waals surface area (Å²) in [5, 5.41) is 9.03. The van der Waals surface area contributed by atoms with Crippen LogP contribution in [0.15, 0.2) is 4.90 Å². The number of aryl methyl sites for hydroxylation is 1. The zero-order valence-electron chi connectivity index (χ0n) is 12.3. The summed E-state index contributed by atoms with van der Waals surface area (Å²) < 4.78 is 27.5. The molecule has 0 aliphatic carbocycles. The van der Waals surface area contributed by atoms with Crippen LogP contribution in [0.4, 0.5) is 0 Å². The van der Waals surface area contributed by atoms with Gasteiger partial charge in [-0.3, -0.25) is 0 Å². The van der Waals surface area contributed by atoms with Gasteiger partial charge in [-0.25, -0.2) is 17.9 Å². The molecule has 6 nitrogen and oxygen atoms in total. The first-order valence-corrected chi connectivity index (χ1v) is 8.17. The monoisotopic (exact) mass is 302 g/mol. The summed E-state index contributed by atoms with van der Waals surface area (Å²) in [6, 6.07) is -0.132. The molecule has 0 aromatic carbocycles. The molecule has 0 aliphatic heterocycles. The van der Waals surface area contributed by atoms with E-state index < -0.39 is 16.0 Å². The molecule has 0 saturated carbocycles. The van der Waals surface area contributed by atoms with Gasteiger partial charge in [0.1, 0.15) is 10.6 Å². The van der Waals surface area contributed by atoms with Crippen molar-refractivity contribution in [2.24, 2.45) is 0 Å². The first kappa shape index (κ1) is 16.7. The summed E-state index contributed by atoms with van der Waals surface area (Å²) in [6.07, 6.45) is 2.33. The van der Waals surface area contributed by atoms with E-state index in [1.165, 1.54) is 6.92 Å². The lowest BCUT2D eigenvalue weighted by Crippen LogP contribution is -2.34. The number of carboxylic acid groups (broad SMARTS) is 1. The molecule has 1 rings (SSSR count). The number of aromatic amines is 1. The Morgan fingerprint density at radius 1 is 1.35 bits per heavy atom. The molecule has 1 heterocycles. The van der Waals surface area contributed by atoms with Crippen LogP contribution in [0.1, 0.15) is 54.9 Å². The number of aromatic carboxylic acids is 1. The Balaban J connectivity index is 3.19. The van der Waals surface area contributed by atoms with Gasteiger partial charge in [0.15, 0.2) is 0 Å². The van der Waals surface area contributed by atoms with Crippen LogP contribution >= 0.6 is 0 Å². The van der Waals surface area contributed by atoms with Crippen LogP contribution in [0.2, 0.25) is 0 Å². The smallest absolute Gasteiger partial charge is 0.352 e. The summed E-state index contributed by atoms with van der Waals surface area (Å²) in [5.74, 6) is -1.16. The van der Waals surface area contributed by atoms with E-state index in [9.17, 15) is 13.2 Å². The zero-order chi connectivity index (χ0) is 15.5. The van der Waals surface area contributed by atoms with Gasteiger partial charge in [0, 0.05) is 17.3 Å². The van der Waals surface area contributed by atoms with Crippen LogP contribution in [0.3, 0.4) is 0 Å². The van der Waals surface area contributed by atoms with Crippen LogP contribution in [-0.4, -0.2) is 30.5 Å². The zero-order valence-corrected chi connectivity index (χ0v) is 13.1. The third-order valence-corrected chi connectivity index (χ3v) is 5.10. The molecule has 0 saturated heterocycles. The molecule has 0 spiro atoms. The lowest BCUT2D eigenvalue weighted by Gasteiger charge is -2.16. The predicted octanol–water partition coefficient (Wildman–Crippen LogP) is 2.19. The minimum absolute atomic E-state index is 0.0458. The maximum absolute atomic E-state index is 12.4. The summed E-state index contributed by atoms with van der Waals surface area (Å²) in [4.78, 5) is 13.7. The standard InChI is InChI=1S/C13H22N2O4S/c1-5-7-10(6-2)15-20(18,19)12-8(3)11(13(16)17)14-9(12)4/h10,14-15H,5-7H2,1-4H3,(H,16,17). The van der Waals surface area contributed by atoms with E-state index in [1.54, 1.807) is 6.92 Å². The van der Waals surface area contributed by atoms with E-state index in [1.807, 2.05) is 13.8 Å². The van der Waals surface area contributed by atoms with Crippen molar-refractivity contribution in [3.05, 3.63) is 17.0 Å². The number of carbonyl (C=O) groups is 1. The molecule has 20 heavy (non-hydrogen) atoms. The van der Waals surface area contributed by atoms with Crippen molar-refractivity contribution in [2.75, 3.05) is 0 Å². The van der Waals surface area contributed by atoms with Gasteiger partial charge in [-0.15, -0.1) is 0 Å². The second-order valence-electron chi connectivity index (χ2n) is 4.90. The average Bonchev–Trinajstić information content (AvgIpc) is 2.64. The van der Waals surface area contributed by atoms with Crippen molar-refractivity contribution in [3.63, 3.8) is 0 Å². The Kier molecular flexibility index (Phi) is 5.35. The number of H-pyrrole nitrogens is 1.